The topological polar surface area (TPSA) is 17.8 Å². The van der Waals surface area contributed by atoms with Gasteiger partial charge in [-0.25, -0.2) is 4.98 Å². The van der Waals surface area contributed by atoms with Crippen molar-refractivity contribution in [2.24, 2.45) is 0 Å². The summed E-state index contributed by atoms with van der Waals surface area (Å²) < 4.78 is 3.18. The Bertz CT molecular complexity index is 653. The van der Waals surface area contributed by atoms with Gasteiger partial charge >= 0.3 is 0 Å². The second kappa shape index (κ2) is 4.49. The maximum atomic E-state index is 4.24. The van der Waals surface area contributed by atoms with E-state index in [0.29, 0.717) is 0 Å². The third kappa shape index (κ3) is 2.07. The summed E-state index contributed by atoms with van der Waals surface area (Å²) in [5, 5.41) is 2.61. The zero-order chi connectivity index (χ0) is 11.7. The van der Waals surface area contributed by atoms with Crippen molar-refractivity contribution in [3.8, 4) is 0 Å². The minimum absolute atomic E-state index is 0.875. The Kier molecular flexibility index (Phi) is 2.84. The lowest BCUT2D eigenvalue weighted by molar-refractivity contribution is 0.777. The lowest BCUT2D eigenvalue weighted by Crippen LogP contribution is -2.01. The minimum atomic E-state index is 0.875. The first-order chi connectivity index (χ1) is 8.34. The molecule has 84 valence electrons. The molecule has 0 saturated carbocycles. The smallest absolute Gasteiger partial charge is 0.171 e. The van der Waals surface area contributed by atoms with Gasteiger partial charge in [-0.05, 0) is 38.9 Å². The number of fused-ring (bicyclic) bond motifs is 1. The molecule has 0 aliphatic rings. The second-order valence-corrected chi connectivity index (χ2v) is 4.93. The molecule has 0 atom stereocenters. The first kappa shape index (κ1) is 10.8. The molecule has 0 unspecified atom stereocenters. The third-order valence-electron chi connectivity index (χ3n) is 2.89. The van der Waals surface area contributed by atoms with Gasteiger partial charge in [-0.1, -0.05) is 42.5 Å². The molecular weight excluding hydrogens is 323 g/mol. The van der Waals surface area contributed by atoms with Crippen LogP contribution < -0.4 is 0 Å². The minimum Gasteiger partial charge on any atom is -0.322 e. The van der Waals surface area contributed by atoms with Crippen molar-refractivity contribution in [3.63, 3.8) is 0 Å². The average molecular weight is 334 g/mol. The van der Waals surface area contributed by atoms with E-state index in [1.807, 2.05) is 12.4 Å². The van der Waals surface area contributed by atoms with Gasteiger partial charge in [0.15, 0.2) is 3.83 Å². The number of rotatable bonds is 2. The monoisotopic (exact) mass is 334 g/mol. The van der Waals surface area contributed by atoms with Gasteiger partial charge in [-0.3, -0.25) is 0 Å². The zero-order valence-corrected chi connectivity index (χ0v) is 11.3. The standard InChI is InChI=1S/C14H11IN2/c15-14-16-8-9-17(14)10-12-6-3-5-11-4-1-2-7-13(11)12/h1-9H,10H2. The molecule has 1 heterocycles. The Hall–Kier alpha value is -1.36. The molecule has 0 aliphatic heterocycles. The van der Waals surface area contributed by atoms with Crippen LogP contribution in [-0.2, 0) is 6.54 Å². The number of halogens is 1. The molecular formula is C14H11IN2. The normalized spacial score (nSPS) is 10.9. The number of hydrogen-bond donors (Lipinski definition) is 0. The molecule has 0 N–H and O–H groups in total. The SMILES string of the molecule is Ic1nccn1Cc1cccc2ccccc12. The van der Waals surface area contributed by atoms with Crippen LogP contribution in [0.25, 0.3) is 10.8 Å². The predicted molar refractivity (Wildman–Crippen MR) is 78.0 cm³/mol. The highest BCUT2D eigenvalue weighted by atomic mass is 127. The van der Waals surface area contributed by atoms with Gasteiger partial charge in [0.05, 0.1) is 6.54 Å². The van der Waals surface area contributed by atoms with E-state index in [-0.39, 0.29) is 0 Å². The number of nitrogens with zero attached hydrogens (tertiary/aromatic N) is 2. The predicted octanol–water partition coefficient (Wildman–Crippen LogP) is 3.69. The summed E-state index contributed by atoms with van der Waals surface area (Å²) in [5.74, 6) is 0. The van der Waals surface area contributed by atoms with E-state index >= 15 is 0 Å². The first-order valence-corrected chi connectivity index (χ1v) is 6.56. The van der Waals surface area contributed by atoms with Crippen molar-refractivity contribution in [2.75, 3.05) is 0 Å². The van der Waals surface area contributed by atoms with Gasteiger partial charge < -0.3 is 4.57 Å². The van der Waals surface area contributed by atoms with E-state index < -0.39 is 0 Å². The van der Waals surface area contributed by atoms with Crippen molar-refractivity contribution in [1.29, 1.82) is 0 Å². The molecule has 0 amide bonds. The molecule has 0 spiro atoms. The van der Waals surface area contributed by atoms with Crippen molar-refractivity contribution >= 4 is 33.4 Å². The fourth-order valence-corrected chi connectivity index (χ4v) is 2.53. The molecule has 17 heavy (non-hydrogen) atoms. The van der Waals surface area contributed by atoms with E-state index in [1.165, 1.54) is 16.3 Å². The molecule has 2 aromatic carbocycles. The van der Waals surface area contributed by atoms with Gasteiger partial charge in [-0.2, -0.15) is 0 Å². The Labute approximate surface area is 113 Å². The largest absolute Gasteiger partial charge is 0.322 e. The Morgan fingerprint density at radius 1 is 1.06 bits per heavy atom. The molecule has 3 aromatic rings. The van der Waals surface area contributed by atoms with E-state index in [9.17, 15) is 0 Å². The first-order valence-electron chi connectivity index (χ1n) is 5.48. The van der Waals surface area contributed by atoms with Crippen LogP contribution in [0.5, 0.6) is 0 Å². The number of imidazole rings is 1. The summed E-state index contributed by atoms with van der Waals surface area (Å²) in [6.07, 6.45) is 3.86. The highest BCUT2D eigenvalue weighted by molar-refractivity contribution is 14.1. The number of aromatic nitrogens is 2. The maximum Gasteiger partial charge on any atom is 0.171 e. The fourth-order valence-electron chi connectivity index (χ4n) is 2.04. The summed E-state index contributed by atoms with van der Waals surface area (Å²) in [5.41, 5.74) is 1.33. The highest BCUT2D eigenvalue weighted by Crippen LogP contribution is 2.19. The van der Waals surface area contributed by atoms with Crippen LogP contribution in [0.4, 0.5) is 0 Å². The summed E-state index contributed by atoms with van der Waals surface area (Å²) in [7, 11) is 0. The van der Waals surface area contributed by atoms with Gasteiger partial charge in [0.2, 0.25) is 0 Å². The van der Waals surface area contributed by atoms with Crippen molar-refractivity contribution in [1.82, 2.24) is 9.55 Å². The molecule has 0 aliphatic carbocycles. The number of benzene rings is 2. The van der Waals surface area contributed by atoms with E-state index in [1.54, 1.807) is 0 Å². The summed E-state index contributed by atoms with van der Waals surface area (Å²) in [4.78, 5) is 4.24. The Morgan fingerprint density at radius 3 is 2.71 bits per heavy atom. The average Bonchev–Trinajstić information content (AvgIpc) is 2.76. The molecule has 3 heteroatoms. The lowest BCUT2D eigenvalue weighted by Gasteiger charge is -2.08. The maximum absolute atomic E-state index is 4.24. The summed E-state index contributed by atoms with van der Waals surface area (Å²) >= 11 is 2.26. The fraction of sp³-hybridized carbons (Fsp3) is 0.0714. The van der Waals surface area contributed by atoms with Crippen molar-refractivity contribution in [3.05, 3.63) is 64.3 Å². The van der Waals surface area contributed by atoms with Gasteiger partial charge in [0, 0.05) is 12.4 Å². The molecule has 0 radical (unpaired) electrons. The zero-order valence-electron chi connectivity index (χ0n) is 9.18. The van der Waals surface area contributed by atoms with Crippen LogP contribution in [-0.4, -0.2) is 9.55 Å². The molecule has 1 aromatic heterocycles. The molecule has 3 rings (SSSR count). The van der Waals surface area contributed by atoms with E-state index in [4.69, 9.17) is 0 Å². The van der Waals surface area contributed by atoms with Crippen molar-refractivity contribution in [2.45, 2.75) is 6.54 Å². The Balaban J connectivity index is 2.09. The summed E-state index contributed by atoms with van der Waals surface area (Å²) in [6.45, 7) is 0.875. The molecule has 0 fully saturated rings. The van der Waals surface area contributed by atoms with E-state index in [2.05, 4.69) is 74.6 Å². The van der Waals surface area contributed by atoms with Crippen molar-refractivity contribution < 1.29 is 0 Å². The van der Waals surface area contributed by atoms with Crippen LogP contribution in [0.15, 0.2) is 54.9 Å². The van der Waals surface area contributed by atoms with Crippen LogP contribution in [0, 0.1) is 3.83 Å². The molecule has 2 nitrogen and oxygen atoms in total. The van der Waals surface area contributed by atoms with Crippen LogP contribution in [0.2, 0.25) is 0 Å². The van der Waals surface area contributed by atoms with Gasteiger partial charge in [0.1, 0.15) is 0 Å². The summed E-state index contributed by atoms with van der Waals surface area (Å²) in [6, 6.07) is 14.9. The third-order valence-corrected chi connectivity index (χ3v) is 3.78. The highest BCUT2D eigenvalue weighted by Gasteiger charge is 2.03. The van der Waals surface area contributed by atoms with Crippen LogP contribution >= 0.6 is 22.6 Å². The van der Waals surface area contributed by atoms with Crippen LogP contribution in [0.1, 0.15) is 5.56 Å². The molecule has 0 saturated heterocycles. The number of hydrogen-bond acceptors (Lipinski definition) is 1. The molecule has 0 bridgehead atoms. The quantitative estimate of drug-likeness (QED) is 0.654. The van der Waals surface area contributed by atoms with Gasteiger partial charge in [0.25, 0.3) is 0 Å². The van der Waals surface area contributed by atoms with Crippen LogP contribution in [0.3, 0.4) is 0 Å². The van der Waals surface area contributed by atoms with Gasteiger partial charge in [-0.15, -0.1) is 0 Å². The second-order valence-electron chi connectivity index (χ2n) is 3.96. The Morgan fingerprint density at radius 2 is 1.88 bits per heavy atom. The lowest BCUT2D eigenvalue weighted by atomic mass is 10.0. The van der Waals surface area contributed by atoms with E-state index in [0.717, 1.165) is 10.4 Å².